The van der Waals surface area contributed by atoms with E-state index in [4.69, 9.17) is 0 Å². The summed E-state index contributed by atoms with van der Waals surface area (Å²) in [6.45, 7) is 3.32. The number of aromatic nitrogens is 2. The molecule has 0 spiro atoms. The second-order valence-electron chi connectivity index (χ2n) is 6.46. The van der Waals surface area contributed by atoms with Crippen LogP contribution in [0.15, 0.2) is 71.6 Å². The predicted molar refractivity (Wildman–Crippen MR) is 110 cm³/mol. The van der Waals surface area contributed by atoms with E-state index in [1.807, 2.05) is 36.4 Å². The number of nitrogens with zero attached hydrogens (tertiary/aromatic N) is 3. The van der Waals surface area contributed by atoms with Gasteiger partial charge in [0.1, 0.15) is 5.82 Å². The Balaban J connectivity index is 1.73. The number of piperazine rings is 1. The molecule has 3 aromatic rings. The van der Waals surface area contributed by atoms with Crippen molar-refractivity contribution in [3.8, 4) is 11.3 Å². The molecule has 0 radical (unpaired) electrons. The lowest BCUT2D eigenvalue weighted by molar-refractivity contribution is 0.584. The third kappa shape index (κ3) is 4.13. The molecule has 0 unspecified atom stereocenters. The summed E-state index contributed by atoms with van der Waals surface area (Å²) in [4.78, 5) is 11.3. The van der Waals surface area contributed by atoms with Crippen molar-refractivity contribution >= 4 is 21.8 Å². The first-order chi connectivity index (χ1) is 13.6. The molecule has 144 valence electrons. The molecule has 2 heterocycles. The zero-order valence-corrected chi connectivity index (χ0v) is 16.1. The van der Waals surface area contributed by atoms with Gasteiger partial charge in [0.2, 0.25) is 5.95 Å². The second-order valence-corrected chi connectivity index (χ2v) is 8.14. The van der Waals surface area contributed by atoms with Crippen LogP contribution in [0.3, 0.4) is 0 Å². The van der Waals surface area contributed by atoms with Crippen LogP contribution in [0.5, 0.6) is 0 Å². The summed E-state index contributed by atoms with van der Waals surface area (Å²) in [5, 5.41) is 3.31. The maximum absolute atomic E-state index is 12.7. The molecule has 28 heavy (non-hydrogen) atoms. The molecule has 1 aliphatic heterocycles. The van der Waals surface area contributed by atoms with Crippen molar-refractivity contribution in [2.24, 2.45) is 0 Å². The minimum atomic E-state index is -3.77. The fourth-order valence-corrected chi connectivity index (χ4v) is 4.04. The Morgan fingerprint density at radius 1 is 0.893 bits per heavy atom. The minimum Gasteiger partial charge on any atom is -0.354 e. The fraction of sp³-hybridized carbons (Fsp3) is 0.200. The molecule has 0 amide bonds. The molecule has 0 atom stereocenters. The smallest absolute Gasteiger partial charge is 0.264 e. The lowest BCUT2D eigenvalue weighted by Crippen LogP contribution is -2.44. The Morgan fingerprint density at radius 3 is 2.21 bits per heavy atom. The van der Waals surface area contributed by atoms with Gasteiger partial charge in [-0.05, 0) is 12.1 Å². The molecular weight excluding hydrogens is 374 g/mol. The first kappa shape index (κ1) is 18.4. The molecule has 1 aliphatic rings. The van der Waals surface area contributed by atoms with Crippen molar-refractivity contribution in [2.45, 2.75) is 4.90 Å². The van der Waals surface area contributed by atoms with Gasteiger partial charge in [-0.15, -0.1) is 0 Å². The first-order valence-electron chi connectivity index (χ1n) is 9.10. The molecule has 0 aliphatic carbocycles. The molecular formula is C20H21N5O2S. The van der Waals surface area contributed by atoms with Crippen LogP contribution in [0.2, 0.25) is 0 Å². The zero-order valence-electron chi connectivity index (χ0n) is 15.2. The van der Waals surface area contributed by atoms with Gasteiger partial charge in [-0.25, -0.2) is 18.1 Å². The van der Waals surface area contributed by atoms with E-state index in [-0.39, 0.29) is 10.8 Å². The number of sulfonamides is 1. The van der Waals surface area contributed by atoms with Gasteiger partial charge in [-0.2, -0.15) is 4.98 Å². The van der Waals surface area contributed by atoms with Crippen LogP contribution in [0.4, 0.5) is 11.8 Å². The molecule has 4 rings (SSSR count). The third-order valence-electron chi connectivity index (χ3n) is 4.50. The monoisotopic (exact) mass is 395 g/mol. The maximum atomic E-state index is 12.7. The van der Waals surface area contributed by atoms with Crippen molar-refractivity contribution < 1.29 is 8.42 Å². The van der Waals surface area contributed by atoms with Crippen molar-refractivity contribution in [1.82, 2.24) is 15.3 Å². The van der Waals surface area contributed by atoms with Crippen LogP contribution >= 0.6 is 0 Å². The van der Waals surface area contributed by atoms with E-state index in [1.54, 1.807) is 30.3 Å². The summed E-state index contributed by atoms with van der Waals surface area (Å²) in [5.74, 6) is 0.778. The number of benzene rings is 2. The highest BCUT2D eigenvalue weighted by molar-refractivity contribution is 7.92. The highest BCUT2D eigenvalue weighted by Crippen LogP contribution is 2.25. The lowest BCUT2D eigenvalue weighted by Gasteiger charge is -2.28. The number of nitrogens with one attached hydrogen (secondary N) is 2. The average molecular weight is 395 g/mol. The highest BCUT2D eigenvalue weighted by atomic mass is 32.2. The van der Waals surface area contributed by atoms with E-state index in [1.165, 1.54) is 0 Å². The Morgan fingerprint density at radius 2 is 1.54 bits per heavy atom. The van der Waals surface area contributed by atoms with E-state index in [9.17, 15) is 8.42 Å². The predicted octanol–water partition coefficient (Wildman–Crippen LogP) is 2.35. The van der Waals surface area contributed by atoms with Gasteiger partial charge in [-0.1, -0.05) is 48.5 Å². The van der Waals surface area contributed by atoms with Gasteiger partial charge in [0.25, 0.3) is 10.0 Å². The van der Waals surface area contributed by atoms with E-state index >= 15 is 0 Å². The number of rotatable bonds is 5. The van der Waals surface area contributed by atoms with E-state index < -0.39 is 10.0 Å². The minimum absolute atomic E-state index is 0.0683. The standard InChI is InChI=1S/C20H21N5O2S/c26-28(27,17-9-5-2-6-10-17)24-20-22-18(16-7-3-1-4-8-16)15-19(23-20)25-13-11-21-12-14-25/h1-10,15,21H,11-14H2,(H,22,23,24). The summed E-state index contributed by atoms with van der Waals surface area (Å²) in [5.41, 5.74) is 1.58. The Bertz CT molecular complexity index is 1040. The van der Waals surface area contributed by atoms with Crippen molar-refractivity contribution in [3.63, 3.8) is 0 Å². The maximum Gasteiger partial charge on any atom is 0.264 e. The average Bonchev–Trinajstić information content (AvgIpc) is 2.75. The van der Waals surface area contributed by atoms with Gasteiger partial charge < -0.3 is 10.2 Å². The van der Waals surface area contributed by atoms with Gasteiger partial charge in [0, 0.05) is 37.8 Å². The van der Waals surface area contributed by atoms with Crippen LogP contribution in [-0.4, -0.2) is 44.6 Å². The molecule has 8 heteroatoms. The van der Waals surface area contributed by atoms with Crippen LogP contribution < -0.4 is 14.9 Å². The molecule has 0 bridgehead atoms. The largest absolute Gasteiger partial charge is 0.354 e. The quantitative estimate of drug-likeness (QED) is 0.690. The molecule has 2 N–H and O–H groups in total. The van der Waals surface area contributed by atoms with Crippen molar-refractivity contribution in [1.29, 1.82) is 0 Å². The Labute approximate surface area is 164 Å². The van der Waals surface area contributed by atoms with E-state index in [0.29, 0.717) is 11.5 Å². The van der Waals surface area contributed by atoms with Crippen LogP contribution in [-0.2, 0) is 10.0 Å². The fourth-order valence-electron chi connectivity index (χ4n) is 3.07. The molecule has 1 aromatic heterocycles. The summed E-state index contributed by atoms with van der Waals surface area (Å²) in [7, 11) is -3.77. The first-order valence-corrected chi connectivity index (χ1v) is 10.6. The van der Waals surface area contributed by atoms with Gasteiger partial charge in [-0.3, -0.25) is 0 Å². The summed E-state index contributed by atoms with van der Waals surface area (Å²) in [6, 6.07) is 19.8. The van der Waals surface area contributed by atoms with Crippen LogP contribution in [0, 0.1) is 0 Å². The number of hydrogen-bond acceptors (Lipinski definition) is 6. The number of anilines is 2. The molecule has 1 saturated heterocycles. The zero-order chi connectivity index (χ0) is 19.4. The number of hydrogen-bond donors (Lipinski definition) is 2. The van der Waals surface area contributed by atoms with Gasteiger partial charge >= 0.3 is 0 Å². The summed E-state index contributed by atoms with van der Waals surface area (Å²) < 4.78 is 28.0. The summed E-state index contributed by atoms with van der Waals surface area (Å²) >= 11 is 0. The van der Waals surface area contributed by atoms with E-state index in [0.717, 1.165) is 31.7 Å². The van der Waals surface area contributed by atoms with Gasteiger partial charge in [0.05, 0.1) is 10.6 Å². The topological polar surface area (TPSA) is 87.2 Å². The normalized spacial score (nSPS) is 14.6. The molecule has 0 saturated carbocycles. The molecule has 2 aromatic carbocycles. The van der Waals surface area contributed by atoms with Crippen LogP contribution in [0.1, 0.15) is 0 Å². The lowest BCUT2D eigenvalue weighted by atomic mass is 10.1. The second kappa shape index (κ2) is 7.95. The SMILES string of the molecule is O=S(=O)(Nc1nc(-c2ccccc2)cc(N2CCNCC2)n1)c1ccccc1. The highest BCUT2D eigenvalue weighted by Gasteiger charge is 2.19. The van der Waals surface area contributed by atoms with Gasteiger partial charge in [0.15, 0.2) is 0 Å². The van der Waals surface area contributed by atoms with Crippen LogP contribution in [0.25, 0.3) is 11.3 Å². The third-order valence-corrected chi connectivity index (χ3v) is 5.85. The van der Waals surface area contributed by atoms with Crippen molar-refractivity contribution in [3.05, 3.63) is 66.7 Å². The Kier molecular flexibility index (Phi) is 5.23. The molecule has 7 nitrogen and oxygen atoms in total. The molecule has 1 fully saturated rings. The van der Waals surface area contributed by atoms with E-state index in [2.05, 4.69) is 24.9 Å². The summed E-state index contributed by atoms with van der Waals surface area (Å²) in [6.07, 6.45) is 0. The Hall–Kier alpha value is -2.97. The van der Waals surface area contributed by atoms with Crippen molar-refractivity contribution in [2.75, 3.05) is 35.8 Å².